The van der Waals surface area contributed by atoms with Crippen LogP contribution in [0.1, 0.15) is 37.8 Å². The minimum Gasteiger partial charge on any atom is -0.341 e. The van der Waals surface area contributed by atoms with Gasteiger partial charge in [0, 0.05) is 7.05 Å². The highest BCUT2D eigenvalue weighted by Crippen LogP contribution is 2.29. The molecule has 0 radical (unpaired) electrons. The molecule has 3 N–H and O–H groups in total. The van der Waals surface area contributed by atoms with Crippen LogP contribution in [-0.2, 0) is 15.1 Å². The molecule has 1 aliphatic rings. The lowest BCUT2D eigenvalue weighted by Crippen LogP contribution is -2.46. The Morgan fingerprint density at radius 3 is 2.32 bits per heavy atom. The summed E-state index contributed by atoms with van der Waals surface area (Å²) in [5, 5.41) is 6.87. The van der Waals surface area contributed by atoms with Gasteiger partial charge >= 0.3 is 12.1 Å². The van der Waals surface area contributed by atoms with E-state index in [9.17, 15) is 19.2 Å². The van der Waals surface area contributed by atoms with E-state index in [0.29, 0.717) is 11.5 Å². The Bertz CT molecular complexity index is 714. The number of hydrogen-bond acceptors (Lipinski definition) is 4. The summed E-state index contributed by atoms with van der Waals surface area (Å²) in [6.07, 6.45) is 0. The van der Waals surface area contributed by atoms with Gasteiger partial charge in [-0.15, -0.1) is 0 Å². The van der Waals surface area contributed by atoms with Gasteiger partial charge in [-0.2, -0.15) is 0 Å². The van der Waals surface area contributed by atoms with Gasteiger partial charge in [0.15, 0.2) is 0 Å². The number of hydrogen-bond donors (Lipinski definition) is 3. The van der Waals surface area contributed by atoms with Crippen molar-refractivity contribution in [2.24, 2.45) is 0 Å². The number of amides is 6. The van der Waals surface area contributed by atoms with Gasteiger partial charge in [0.25, 0.3) is 5.91 Å². The van der Waals surface area contributed by atoms with E-state index in [1.807, 2.05) is 17.4 Å². The molecule has 0 aliphatic carbocycles. The van der Waals surface area contributed by atoms with Crippen LogP contribution in [0.3, 0.4) is 0 Å². The number of benzene rings is 1. The van der Waals surface area contributed by atoms with E-state index in [4.69, 9.17) is 0 Å². The first-order valence-electron chi connectivity index (χ1n) is 7.95. The van der Waals surface area contributed by atoms with Crippen LogP contribution in [0.5, 0.6) is 0 Å². The molecular formula is C17H22N4O4. The Hall–Kier alpha value is -2.90. The van der Waals surface area contributed by atoms with E-state index < -0.39 is 36.0 Å². The molecule has 1 aromatic rings. The van der Waals surface area contributed by atoms with Gasteiger partial charge in [-0.3, -0.25) is 19.8 Å². The molecule has 8 nitrogen and oxygen atoms in total. The Kier molecular flexibility index (Phi) is 5.10. The number of carbonyl (C=O) groups is 4. The van der Waals surface area contributed by atoms with Crippen LogP contribution in [0, 0.1) is 0 Å². The Morgan fingerprint density at radius 1 is 1.20 bits per heavy atom. The fourth-order valence-electron chi connectivity index (χ4n) is 2.61. The smallest absolute Gasteiger partial charge is 0.325 e. The monoisotopic (exact) mass is 346 g/mol. The van der Waals surface area contributed by atoms with E-state index >= 15 is 0 Å². The molecule has 2 rings (SSSR count). The number of urea groups is 2. The summed E-state index contributed by atoms with van der Waals surface area (Å²) in [6.45, 7) is 5.18. The SMILES string of the molecule is CNC(=O)NC(=O)CN1C(=O)N[C@@](C)(c2ccc(C(C)C)cc2)C1=O. The molecule has 1 aromatic carbocycles. The van der Waals surface area contributed by atoms with E-state index in [0.717, 1.165) is 10.5 Å². The summed E-state index contributed by atoms with van der Waals surface area (Å²) in [7, 11) is 1.36. The summed E-state index contributed by atoms with van der Waals surface area (Å²) < 4.78 is 0. The van der Waals surface area contributed by atoms with Gasteiger partial charge in [0.2, 0.25) is 5.91 Å². The third-order valence-corrected chi connectivity index (χ3v) is 4.21. The minimum absolute atomic E-state index is 0.348. The molecule has 0 saturated carbocycles. The van der Waals surface area contributed by atoms with Crippen molar-refractivity contribution in [2.45, 2.75) is 32.2 Å². The van der Waals surface area contributed by atoms with E-state index in [2.05, 4.69) is 24.5 Å². The second-order valence-electron chi connectivity index (χ2n) is 6.35. The zero-order valence-electron chi connectivity index (χ0n) is 14.7. The molecule has 0 unspecified atom stereocenters. The Labute approximate surface area is 145 Å². The third-order valence-electron chi connectivity index (χ3n) is 4.21. The molecule has 25 heavy (non-hydrogen) atoms. The summed E-state index contributed by atoms with van der Waals surface area (Å²) in [6, 6.07) is 6.03. The van der Waals surface area contributed by atoms with Crippen molar-refractivity contribution in [2.75, 3.05) is 13.6 Å². The Morgan fingerprint density at radius 2 is 1.80 bits per heavy atom. The Balaban J connectivity index is 2.18. The van der Waals surface area contributed by atoms with Crippen molar-refractivity contribution in [3.8, 4) is 0 Å². The maximum absolute atomic E-state index is 12.7. The highest BCUT2D eigenvalue weighted by molar-refractivity contribution is 6.10. The topological polar surface area (TPSA) is 108 Å². The van der Waals surface area contributed by atoms with Crippen LogP contribution in [0.4, 0.5) is 9.59 Å². The average Bonchev–Trinajstić information content (AvgIpc) is 2.79. The zero-order valence-corrected chi connectivity index (χ0v) is 14.7. The second kappa shape index (κ2) is 6.92. The van der Waals surface area contributed by atoms with Crippen molar-refractivity contribution < 1.29 is 19.2 Å². The number of nitrogens with zero attached hydrogens (tertiary/aromatic N) is 1. The quantitative estimate of drug-likeness (QED) is 0.708. The fraction of sp³-hybridized carbons (Fsp3) is 0.412. The van der Waals surface area contributed by atoms with Gasteiger partial charge < -0.3 is 10.6 Å². The number of rotatable bonds is 4. The predicted octanol–water partition coefficient (Wildman–Crippen LogP) is 1.03. The summed E-state index contributed by atoms with van der Waals surface area (Å²) in [4.78, 5) is 48.6. The molecule has 0 aromatic heterocycles. The van der Waals surface area contributed by atoms with Gasteiger partial charge in [-0.05, 0) is 24.0 Å². The predicted molar refractivity (Wildman–Crippen MR) is 90.7 cm³/mol. The molecule has 134 valence electrons. The molecule has 6 amide bonds. The van der Waals surface area contributed by atoms with Crippen molar-refractivity contribution >= 4 is 23.9 Å². The van der Waals surface area contributed by atoms with Crippen LogP contribution in [0.2, 0.25) is 0 Å². The molecule has 1 fully saturated rings. The molecule has 1 heterocycles. The lowest BCUT2D eigenvalue weighted by molar-refractivity contribution is -0.134. The first-order chi connectivity index (χ1) is 11.7. The molecular weight excluding hydrogens is 324 g/mol. The molecule has 1 saturated heterocycles. The second-order valence-corrected chi connectivity index (χ2v) is 6.35. The first kappa shape index (κ1) is 18.4. The van der Waals surface area contributed by atoms with Crippen LogP contribution in [-0.4, -0.2) is 42.4 Å². The summed E-state index contributed by atoms with van der Waals surface area (Å²) in [5.41, 5.74) is 0.496. The van der Waals surface area contributed by atoms with Gasteiger partial charge in [0.1, 0.15) is 12.1 Å². The minimum atomic E-state index is -1.25. The number of carbonyl (C=O) groups excluding carboxylic acids is 4. The first-order valence-corrected chi connectivity index (χ1v) is 7.95. The molecule has 1 aliphatic heterocycles. The summed E-state index contributed by atoms with van der Waals surface area (Å²) in [5.74, 6) is -0.940. The number of nitrogens with one attached hydrogen (secondary N) is 3. The maximum Gasteiger partial charge on any atom is 0.325 e. The van der Waals surface area contributed by atoms with Crippen molar-refractivity contribution in [3.63, 3.8) is 0 Å². The maximum atomic E-state index is 12.7. The highest BCUT2D eigenvalue weighted by Gasteiger charge is 2.49. The molecule has 0 bridgehead atoms. The van der Waals surface area contributed by atoms with E-state index in [1.165, 1.54) is 7.05 Å². The zero-order chi connectivity index (χ0) is 18.8. The van der Waals surface area contributed by atoms with Gasteiger partial charge in [-0.1, -0.05) is 38.1 Å². The van der Waals surface area contributed by atoms with Crippen molar-refractivity contribution in [1.82, 2.24) is 20.9 Å². The van der Waals surface area contributed by atoms with Gasteiger partial charge in [-0.25, -0.2) is 9.59 Å². The van der Waals surface area contributed by atoms with Crippen LogP contribution < -0.4 is 16.0 Å². The molecule has 8 heteroatoms. The fourth-order valence-corrected chi connectivity index (χ4v) is 2.61. The molecule has 0 spiro atoms. The van der Waals surface area contributed by atoms with E-state index in [1.54, 1.807) is 19.1 Å². The van der Waals surface area contributed by atoms with Crippen LogP contribution in [0.15, 0.2) is 24.3 Å². The standard InChI is InChI=1S/C17H22N4O4/c1-10(2)11-5-7-12(8-6-11)17(3)14(23)21(16(25)20-17)9-13(22)19-15(24)18-4/h5-8,10H,9H2,1-4H3,(H,20,25)(H2,18,19,22,24)/t17-/m0/s1. The van der Waals surface area contributed by atoms with Gasteiger partial charge in [0.05, 0.1) is 0 Å². The van der Waals surface area contributed by atoms with Crippen LogP contribution in [0.25, 0.3) is 0 Å². The third kappa shape index (κ3) is 3.62. The molecule has 1 atom stereocenters. The normalized spacial score (nSPS) is 19.8. The lowest BCUT2D eigenvalue weighted by atomic mass is 9.90. The number of imide groups is 2. The largest absolute Gasteiger partial charge is 0.341 e. The van der Waals surface area contributed by atoms with Crippen LogP contribution >= 0.6 is 0 Å². The highest BCUT2D eigenvalue weighted by atomic mass is 16.2. The average molecular weight is 346 g/mol. The summed E-state index contributed by atoms with van der Waals surface area (Å²) >= 11 is 0. The van der Waals surface area contributed by atoms with Crippen molar-refractivity contribution in [1.29, 1.82) is 0 Å². The lowest BCUT2D eigenvalue weighted by Gasteiger charge is -2.22. The van der Waals surface area contributed by atoms with E-state index in [-0.39, 0.29) is 0 Å². The van der Waals surface area contributed by atoms with Crippen molar-refractivity contribution in [3.05, 3.63) is 35.4 Å².